The molecule has 2 nitrogen and oxygen atoms in total. The van der Waals surface area contributed by atoms with Gasteiger partial charge in [-0.25, -0.2) is 8.78 Å². The number of benzene rings is 2. The average molecular weight is 352 g/mol. The van der Waals surface area contributed by atoms with Gasteiger partial charge in [0.15, 0.2) is 0 Å². The summed E-state index contributed by atoms with van der Waals surface area (Å²) in [6.45, 7) is 1.91. The molecule has 108 valence electrons. The maximum absolute atomic E-state index is 13.8. The van der Waals surface area contributed by atoms with Crippen molar-refractivity contribution in [3.05, 3.63) is 63.6 Å². The molecule has 1 aliphatic heterocycles. The Morgan fingerprint density at radius 2 is 2.00 bits per heavy atom. The van der Waals surface area contributed by atoms with Gasteiger partial charge < -0.3 is 4.90 Å². The van der Waals surface area contributed by atoms with Crippen LogP contribution in [0.15, 0.2) is 40.9 Å². The monoisotopic (exact) mass is 351 g/mol. The van der Waals surface area contributed by atoms with Gasteiger partial charge in [0.1, 0.15) is 11.6 Å². The van der Waals surface area contributed by atoms with Crippen LogP contribution in [0.25, 0.3) is 0 Å². The SMILES string of the molecule is C[C@@H]1Cc2cc(Br)ccc2N1C(=O)c1ccc(F)cc1F. The predicted octanol–water partition coefficient (Wildman–Crippen LogP) is 4.32. The van der Waals surface area contributed by atoms with Gasteiger partial charge in [-0.2, -0.15) is 0 Å². The van der Waals surface area contributed by atoms with E-state index < -0.39 is 17.5 Å². The number of anilines is 1. The molecule has 0 aromatic heterocycles. The summed E-state index contributed by atoms with van der Waals surface area (Å²) in [6.07, 6.45) is 0.712. The van der Waals surface area contributed by atoms with Crippen LogP contribution < -0.4 is 4.90 Å². The number of carbonyl (C=O) groups is 1. The molecule has 0 radical (unpaired) electrons. The fourth-order valence-corrected chi connectivity index (χ4v) is 3.11. The summed E-state index contributed by atoms with van der Waals surface area (Å²) in [4.78, 5) is 14.2. The lowest BCUT2D eigenvalue weighted by Crippen LogP contribution is -2.36. The molecule has 0 spiro atoms. The van der Waals surface area contributed by atoms with Gasteiger partial charge in [0.25, 0.3) is 5.91 Å². The molecule has 5 heteroatoms. The fourth-order valence-electron chi connectivity index (χ4n) is 2.70. The average Bonchev–Trinajstić information content (AvgIpc) is 2.73. The summed E-state index contributed by atoms with van der Waals surface area (Å²) in [5, 5.41) is 0. The van der Waals surface area contributed by atoms with E-state index in [1.165, 1.54) is 6.07 Å². The van der Waals surface area contributed by atoms with E-state index in [1.807, 2.05) is 25.1 Å². The van der Waals surface area contributed by atoms with E-state index in [2.05, 4.69) is 15.9 Å². The van der Waals surface area contributed by atoms with Crippen LogP contribution in [-0.2, 0) is 6.42 Å². The predicted molar refractivity (Wildman–Crippen MR) is 80.5 cm³/mol. The summed E-state index contributed by atoms with van der Waals surface area (Å²) in [5.74, 6) is -1.97. The van der Waals surface area contributed by atoms with E-state index in [-0.39, 0.29) is 11.6 Å². The van der Waals surface area contributed by atoms with Crippen LogP contribution in [0.3, 0.4) is 0 Å². The van der Waals surface area contributed by atoms with Gasteiger partial charge in [-0.05, 0) is 49.2 Å². The second-order valence-electron chi connectivity index (χ2n) is 5.13. The lowest BCUT2D eigenvalue weighted by molar-refractivity contribution is 0.0977. The highest BCUT2D eigenvalue weighted by Crippen LogP contribution is 2.35. The minimum Gasteiger partial charge on any atom is -0.305 e. The van der Waals surface area contributed by atoms with Gasteiger partial charge in [-0.15, -0.1) is 0 Å². The van der Waals surface area contributed by atoms with Gasteiger partial charge in [-0.1, -0.05) is 15.9 Å². The highest BCUT2D eigenvalue weighted by Gasteiger charge is 2.32. The third-order valence-electron chi connectivity index (χ3n) is 3.64. The topological polar surface area (TPSA) is 20.3 Å². The highest BCUT2D eigenvalue weighted by molar-refractivity contribution is 9.10. The summed E-state index contributed by atoms with van der Waals surface area (Å²) < 4.78 is 27.7. The van der Waals surface area contributed by atoms with Crippen LogP contribution in [0, 0.1) is 11.6 Å². The first kappa shape index (κ1) is 14.2. The Morgan fingerprint density at radius 1 is 1.24 bits per heavy atom. The van der Waals surface area contributed by atoms with Gasteiger partial charge in [-0.3, -0.25) is 4.79 Å². The van der Waals surface area contributed by atoms with Gasteiger partial charge in [0.05, 0.1) is 5.56 Å². The first-order chi connectivity index (χ1) is 9.97. The van der Waals surface area contributed by atoms with Gasteiger partial charge >= 0.3 is 0 Å². The van der Waals surface area contributed by atoms with Crippen LogP contribution in [0.5, 0.6) is 0 Å². The molecule has 0 saturated carbocycles. The summed E-state index contributed by atoms with van der Waals surface area (Å²) in [6, 6.07) is 8.60. The molecule has 2 aromatic carbocycles. The molecule has 1 atom stereocenters. The van der Waals surface area contributed by atoms with Crippen molar-refractivity contribution in [1.29, 1.82) is 0 Å². The standard InChI is InChI=1S/C16H12BrF2NO/c1-9-6-10-7-11(17)2-5-15(10)20(9)16(21)13-4-3-12(18)8-14(13)19/h2-5,7-9H,6H2,1H3/t9-/m1/s1. The smallest absolute Gasteiger partial charge is 0.261 e. The second kappa shape index (κ2) is 5.22. The molecule has 2 aromatic rings. The zero-order valence-electron chi connectivity index (χ0n) is 11.2. The number of hydrogen-bond donors (Lipinski definition) is 0. The molecule has 0 fully saturated rings. The number of halogens is 3. The molecule has 3 rings (SSSR count). The van der Waals surface area contributed by atoms with Crippen molar-refractivity contribution in [1.82, 2.24) is 0 Å². The van der Waals surface area contributed by atoms with Crippen molar-refractivity contribution in [2.24, 2.45) is 0 Å². The Morgan fingerprint density at radius 3 is 2.71 bits per heavy atom. The normalized spacial score (nSPS) is 17.0. The van der Waals surface area contributed by atoms with Crippen molar-refractivity contribution >= 4 is 27.5 Å². The van der Waals surface area contributed by atoms with E-state index in [1.54, 1.807) is 4.90 Å². The number of fused-ring (bicyclic) bond motifs is 1. The number of hydrogen-bond acceptors (Lipinski definition) is 1. The summed E-state index contributed by atoms with van der Waals surface area (Å²) >= 11 is 3.40. The van der Waals surface area contributed by atoms with Crippen molar-refractivity contribution in [3.8, 4) is 0 Å². The van der Waals surface area contributed by atoms with Gasteiger partial charge in [0.2, 0.25) is 0 Å². The molecule has 1 aliphatic rings. The number of carbonyl (C=O) groups excluding carboxylic acids is 1. The first-order valence-electron chi connectivity index (χ1n) is 6.54. The second-order valence-corrected chi connectivity index (χ2v) is 6.04. The number of amides is 1. The van der Waals surface area contributed by atoms with E-state index >= 15 is 0 Å². The van der Waals surface area contributed by atoms with Crippen LogP contribution in [-0.4, -0.2) is 11.9 Å². The first-order valence-corrected chi connectivity index (χ1v) is 7.33. The molecule has 0 N–H and O–H groups in total. The summed E-state index contributed by atoms with van der Waals surface area (Å²) in [7, 11) is 0. The van der Waals surface area contributed by atoms with Crippen molar-refractivity contribution < 1.29 is 13.6 Å². The summed E-state index contributed by atoms with van der Waals surface area (Å²) in [5.41, 5.74) is 1.70. The third-order valence-corrected chi connectivity index (χ3v) is 4.13. The molecule has 0 saturated heterocycles. The zero-order chi connectivity index (χ0) is 15.1. The Balaban J connectivity index is 2.03. The molecular weight excluding hydrogens is 340 g/mol. The van der Waals surface area contributed by atoms with E-state index in [0.717, 1.165) is 27.9 Å². The third kappa shape index (κ3) is 2.46. The molecule has 0 aliphatic carbocycles. The molecule has 21 heavy (non-hydrogen) atoms. The Labute approximate surface area is 129 Å². The maximum atomic E-state index is 13.8. The molecule has 1 amide bonds. The lowest BCUT2D eigenvalue weighted by Gasteiger charge is -2.23. The lowest BCUT2D eigenvalue weighted by atomic mass is 10.1. The highest BCUT2D eigenvalue weighted by atomic mass is 79.9. The molecular formula is C16H12BrF2NO. The minimum absolute atomic E-state index is 0.0637. The number of nitrogens with zero attached hydrogens (tertiary/aromatic N) is 1. The van der Waals surface area contributed by atoms with Crippen LogP contribution >= 0.6 is 15.9 Å². The molecule has 1 heterocycles. The Bertz CT molecular complexity index is 732. The van der Waals surface area contributed by atoms with E-state index in [4.69, 9.17) is 0 Å². The largest absolute Gasteiger partial charge is 0.305 e. The van der Waals surface area contributed by atoms with Crippen molar-refractivity contribution in [2.75, 3.05) is 4.90 Å². The van der Waals surface area contributed by atoms with E-state index in [0.29, 0.717) is 6.42 Å². The zero-order valence-corrected chi connectivity index (χ0v) is 12.8. The quantitative estimate of drug-likeness (QED) is 0.749. The Kier molecular flexibility index (Phi) is 3.53. The van der Waals surface area contributed by atoms with Gasteiger partial charge in [0, 0.05) is 22.3 Å². The molecule has 0 bridgehead atoms. The fraction of sp³-hybridized carbons (Fsp3) is 0.188. The van der Waals surface area contributed by atoms with Crippen LogP contribution in [0.1, 0.15) is 22.8 Å². The number of rotatable bonds is 1. The van der Waals surface area contributed by atoms with Crippen molar-refractivity contribution in [3.63, 3.8) is 0 Å². The van der Waals surface area contributed by atoms with Crippen molar-refractivity contribution in [2.45, 2.75) is 19.4 Å². The minimum atomic E-state index is -0.835. The molecule has 0 unspecified atom stereocenters. The van der Waals surface area contributed by atoms with Crippen LogP contribution in [0.4, 0.5) is 14.5 Å². The maximum Gasteiger partial charge on any atom is 0.261 e. The van der Waals surface area contributed by atoms with Crippen LogP contribution in [0.2, 0.25) is 0 Å². The Hall–Kier alpha value is -1.75. The van der Waals surface area contributed by atoms with E-state index in [9.17, 15) is 13.6 Å².